The van der Waals surface area contributed by atoms with Crippen LogP contribution in [-0.2, 0) is 10.0 Å². The molecule has 104 valence electrons. The molecule has 0 heterocycles. The van der Waals surface area contributed by atoms with Crippen LogP contribution in [0.15, 0.2) is 18.2 Å². The molecule has 0 aromatic heterocycles. The van der Waals surface area contributed by atoms with E-state index in [1.54, 1.807) is 0 Å². The molecule has 0 unspecified atom stereocenters. The minimum atomic E-state index is -3.43. The van der Waals surface area contributed by atoms with Gasteiger partial charge in [0.15, 0.2) is 0 Å². The Bertz CT molecular complexity index is 567. The van der Waals surface area contributed by atoms with Crippen molar-refractivity contribution in [2.45, 2.75) is 12.8 Å². The summed E-state index contributed by atoms with van der Waals surface area (Å²) in [6.07, 6.45) is 1.14. The molecule has 0 saturated carbocycles. The number of hydrogen-bond donors (Lipinski definition) is 1. The van der Waals surface area contributed by atoms with Crippen LogP contribution in [0.25, 0.3) is 0 Å². The lowest BCUT2D eigenvalue weighted by Crippen LogP contribution is -2.17. The summed E-state index contributed by atoms with van der Waals surface area (Å²) in [5.41, 5.74) is 0.731. The average molecular weight is 303 g/mol. The molecule has 0 aliphatic rings. The SMILES string of the molecule is COc1cc(C#N)ccc1NS(=O)(=O)CCCCCl. The molecular formula is C12H15ClN2O3S. The first-order valence-electron chi connectivity index (χ1n) is 5.67. The molecule has 0 spiro atoms. The van der Waals surface area contributed by atoms with Crippen LogP contribution < -0.4 is 9.46 Å². The van der Waals surface area contributed by atoms with E-state index in [1.165, 1.54) is 25.3 Å². The number of hydrogen-bond acceptors (Lipinski definition) is 4. The Balaban J connectivity index is 2.84. The molecule has 7 heteroatoms. The molecule has 0 radical (unpaired) electrons. The molecule has 0 aliphatic heterocycles. The van der Waals surface area contributed by atoms with Gasteiger partial charge in [-0.1, -0.05) is 0 Å². The third-order valence-corrected chi connectivity index (χ3v) is 4.02. The van der Waals surface area contributed by atoms with Crippen LogP contribution in [0.3, 0.4) is 0 Å². The van der Waals surface area contributed by atoms with E-state index in [0.29, 0.717) is 35.7 Å². The number of halogens is 1. The Labute approximate surface area is 118 Å². The molecule has 1 aromatic carbocycles. The van der Waals surface area contributed by atoms with Gasteiger partial charge in [0, 0.05) is 11.9 Å². The number of nitrogens with one attached hydrogen (secondary N) is 1. The molecule has 5 nitrogen and oxygen atoms in total. The molecule has 19 heavy (non-hydrogen) atoms. The summed E-state index contributed by atoms with van der Waals surface area (Å²) in [6.45, 7) is 0. The van der Waals surface area contributed by atoms with E-state index in [4.69, 9.17) is 21.6 Å². The van der Waals surface area contributed by atoms with Crippen molar-refractivity contribution in [3.63, 3.8) is 0 Å². The molecule has 1 aromatic rings. The van der Waals surface area contributed by atoms with Gasteiger partial charge in [-0.05, 0) is 25.0 Å². The maximum atomic E-state index is 11.8. The van der Waals surface area contributed by atoms with E-state index >= 15 is 0 Å². The van der Waals surface area contributed by atoms with Gasteiger partial charge in [0.05, 0.1) is 30.2 Å². The van der Waals surface area contributed by atoms with Gasteiger partial charge in [0.2, 0.25) is 10.0 Å². The van der Waals surface area contributed by atoms with Gasteiger partial charge in [-0.3, -0.25) is 4.72 Å². The van der Waals surface area contributed by atoms with E-state index in [-0.39, 0.29) is 5.75 Å². The zero-order valence-electron chi connectivity index (χ0n) is 10.5. The first kappa shape index (κ1) is 15.6. The third-order valence-electron chi connectivity index (χ3n) is 2.39. The van der Waals surface area contributed by atoms with E-state index in [0.717, 1.165) is 0 Å². The first-order valence-corrected chi connectivity index (χ1v) is 7.85. The van der Waals surface area contributed by atoms with E-state index < -0.39 is 10.0 Å². The minimum Gasteiger partial charge on any atom is -0.495 e. The Morgan fingerprint density at radius 2 is 2.16 bits per heavy atom. The van der Waals surface area contributed by atoms with Crippen molar-refractivity contribution in [1.29, 1.82) is 5.26 Å². The van der Waals surface area contributed by atoms with Crippen molar-refractivity contribution in [1.82, 2.24) is 0 Å². The van der Waals surface area contributed by atoms with Crippen molar-refractivity contribution >= 4 is 27.3 Å². The van der Waals surface area contributed by atoms with Crippen LogP contribution in [0, 0.1) is 11.3 Å². The quantitative estimate of drug-likeness (QED) is 0.619. The highest BCUT2D eigenvalue weighted by atomic mass is 35.5. The van der Waals surface area contributed by atoms with Crippen molar-refractivity contribution in [3.05, 3.63) is 23.8 Å². The second kappa shape index (κ2) is 7.22. The molecule has 0 bridgehead atoms. The molecule has 0 fully saturated rings. The highest BCUT2D eigenvalue weighted by molar-refractivity contribution is 7.92. The summed E-state index contributed by atoms with van der Waals surface area (Å²) in [6, 6.07) is 6.48. The van der Waals surface area contributed by atoms with Gasteiger partial charge in [0.1, 0.15) is 5.75 Å². The third kappa shape index (κ3) is 4.97. The topological polar surface area (TPSA) is 79.2 Å². The minimum absolute atomic E-state index is 0.00285. The number of alkyl halides is 1. The number of anilines is 1. The van der Waals surface area contributed by atoms with Gasteiger partial charge < -0.3 is 4.74 Å². The smallest absolute Gasteiger partial charge is 0.232 e. The largest absolute Gasteiger partial charge is 0.495 e. The molecule has 1 N–H and O–H groups in total. The van der Waals surface area contributed by atoms with Crippen LogP contribution in [-0.4, -0.2) is 27.2 Å². The number of nitriles is 1. The van der Waals surface area contributed by atoms with Crippen LogP contribution in [0.4, 0.5) is 5.69 Å². The molecular weight excluding hydrogens is 288 g/mol. The fourth-order valence-corrected chi connectivity index (χ4v) is 2.83. The summed E-state index contributed by atoms with van der Waals surface area (Å²) >= 11 is 5.51. The van der Waals surface area contributed by atoms with Gasteiger partial charge in [0.25, 0.3) is 0 Å². The number of methoxy groups -OCH3 is 1. The van der Waals surface area contributed by atoms with Crippen molar-refractivity contribution in [2.24, 2.45) is 0 Å². The predicted octanol–water partition coefficient (Wildman–Crippen LogP) is 2.33. The summed E-state index contributed by atoms with van der Waals surface area (Å²) in [5, 5.41) is 8.77. The van der Waals surface area contributed by atoms with E-state index in [1.807, 2.05) is 6.07 Å². The predicted molar refractivity (Wildman–Crippen MR) is 75.1 cm³/mol. The molecule has 0 saturated heterocycles. The van der Waals surface area contributed by atoms with Crippen molar-refractivity contribution in [3.8, 4) is 11.8 Å². The maximum Gasteiger partial charge on any atom is 0.232 e. The Hall–Kier alpha value is -1.45. The average Bonchev–Trinajstić information content (AvgIpc) is 2.39. The van der Waals surface area contributed by atoms with Gasteiger partial charge >= 0.3 is 0 Å². The monoisotopic (exact) mass is 302 g/mol. The highest BCUT2D eigenvalue weighted by Crippen LogP contribution is 2.26. The number of nitrogens with zero attached hydrogens (tertiary/aromatic N) is 1. The van der Waals surface area contributed by atoms with Gasteiger partial charge in [-0.25, -0.2) is 8.42 Å². The molecule has 0 amide bonds. The zero-order chi connectivity index (χ0) is 14.3. The fraction of sp³-hybridized carbons (Fsp3) is 0.417. The maximum absolute atomic E-state index is 11.8. The molecule has 0 aliphatic carbocycles. The van der Waals surface area contributed by atoms with E-state index in [2.05, 4.69) is 4.72 Å². The second-order valence-electron chi connectivity index (χ2n) is 3.84. The number of unbranched alkanes of at least 4 members (excludes halogenated alkanes) is 1. The van der Waals surface area contributed by atoms with Gasteiger partial charge in [-0.15, -0.1) is 11.6 Å². The Morgan fingerprint density at radius 3 is 2.74 bits per heavy atom. The fourth-order valence-electron chi connectivity index (χ4n) is 1.45. The number of ether oxygens (including phenoxy) is 1. The van der Waals surface area contributed by atoms with Crippen molar-refractivity contribution in [2.75, 3.05) is 23.5 Å². The second-order valence-corrected chi connectivity index (χ2v) is 6.06. The lowest BCUT2D eigenvalue weighted by molar-refractivity contribution is 0.416. The molecule has 0 atom stereocenters. The van der Waals surface area contributed by atoms with Crippen LogP contribution in [0.2, 0.25) is 0 Å². The first-order chi connectivity index (χ1) is 9.02. The number of sulfonamides is 1. The van der Waals surface area contributed by atoms with Crippen LogP contribution in [0.5, 0.6) is 5.75 Å². The van der Waals surface area contributed by atoms with Crippen LogP contribution >= 0.6 is 11.6 Å². The van der Waals surface area contributed by atoms with Crippen LogP contribution in [0.1, 0.15) is 18.4 Å². The molecule has 1 rings (SSSR count). The Morgan fingerprint density at radius 1 is 1.42 bits per heavy atom. The van der Waals surface area contributed by atoms with Gasteiger partial charge in [-0.2, -0.15) is 5.26 Å². The number of rotatable bonds is 7. The standard InChI is InChI=1S/C12H15ClN2O3S/c1-18-12-8-10(9-14)4-5-11(12)15-19(16,17)7-3-2-6-13/h4-5,8,15H,2-3,6-7H2,1H3. The van der Waals surface area contributed by atoms with Crippen molar-refractivity contribution < 1.29 is 13.2 Å². The lowest BCUT2D eigenvalue weighted by Gasteiger charge is -2.11. The summed E-state index contributed by atoms with van der Waals surface area (Å²) in [5.74, 6) is 0.762. The Kier molecular flexibility index (Phi) is 5.93. The summed E-state index contributed by atoms with van der Waals surface area (Å²) in [7, 11) is -2.01. The van der Waals surface area contributed by atoms with E-state index in [9.17, 15) is 8.42 Å². The summed E-state index contributed by atoms with van der Waals surface area (Å²) in [4.78, 5) is 0. The highest BCUT2D eigenvalue weighted by Gasteiger charge is 2.13. The zero-order valence-corrected chi connectivity index (χ0v) is 12.1. The normalized spacial score (nSPS) is 10.8. The lowest BCUT2D eigenvalue weighted by atomic mass is 10.2. The number of benzene rings is 1. The summed E-state index contributed by atoms with van der Waals surface area (Å²) < 4.78 is 31.1.